The van der Waals surface area contributed by atoms with Crippen LogP contribution in [0.3, 0.4) is 0 Å². The van der Waals surface area contributed by atoms with Crippen LogP contribution in [0.4, 0.5) is 5.82 Å². The minimum atomic E-state index is 0. The number of ether oxygens (including phenoxy) is 1. The number of hydrogen-bond acceptors (Lipinski definition) is 5. The number of pyridine rings is 1. The highest BCUT2D eigenvalue weighted by Crippen LogP contribution is 2.00. The predicted octanol–water partition coefficient (Wildman–Crippen LogP) is 2.02. The molecule has 0 aromatic carbocycles. The fourth-order valence-corrected chi connectivity index (χ4v) is 2.32. The third kappa shape index (κ3) is 13.1. The van der Waals surface area contributed by atoms with E-state index < -0.39 is 0 Å². The van der Waals surface area contributed by atoms with Crippen molar-refractivity contribution in [3.63, 3.8) is 0 Å². The number of hydrogen-bond donors (Lipinski definition) is 3. The van der Waals surface area contributed by atoms with E-state index in [0.717, 1.165) is 70.4 Å². The lowest BCUT2D eigenvalue weighted by atomic mass is 10.3. The number of nitrogens with one attached hydrogen (secondary N) is 3. The summed E-state index contributed by atoms with van der Waals surface area (Å²) in [7, 11) is 5.67. The van der Waals surface area contributed by atoms with E-state index in [1.807, 2.05) is 18.2 Å². The van der Waals surface area contributed by atoms with Gasteiger partial charge in [0.25, 0.3) is 0 Å². The molecule has 7 nitrogen and oxygen atoms in total. The molecule has 3 N–H and O–H groups in total. The molecule has 0 bridgehead atoms. The van der Waals surface area contributed by atoms with Gasteiger partial charge in [-0.15, -0.1) is 24.0 Å². The second kappa shape index (κ2) is 17.3. The average Bonchev–Trinajstić information content (AvgIpc) is 2.64. The van der Waals surface area contributed by atoms with Gasteiger partial charge in [-0.25, -0.2) is 4.98 Å². The Morgan fingerprint density at radius 3 is 2.58 bits per heavy atom. The number of aromatic nitrogens is 1. The molecule has 26 heavy (non-hydrogen) atoms. The zero-order valence-corrected chi connectivity index (χ0v) is 18.7. The van der Waals surface area contributed by atoms with Crippen molar-refractivity contribution in [3.05, 3.63) is 24.4 Å². The van der Waals surface area contributed by atoms with Gasteiger partial charge < -0.3 is 25.6 Å². The first-order valence-corrected chi connectivity index (χ1v) is 9.03. The standard InChI is InChI=1S/C18H34N6O.HI/c1-19-18(23-13-15-24(2)14-8-16-25-3)22-12-7-6-11-21-17-9-4-5-10-20-17;/h4-5,9-10H,6-8,11-16H2,1-3H3,(H,20,21)(H2,19,22,23);1H. The first-order valence-electron chi connectivity index (χ1n) is 9.03. The monoisotopic (exact) mass is 478 g/mol. The SMILES string of the molecule is CN=C(NCCCCNc1ccccn1)NCCN(C)CCCOC.I. The Morgan fingerprint density at radius 2 is 1.88 bits per heavy atom. The smallest absolute Gasteiger partial charge is 0.191 e. The van der Waals surface area contributed by atoms with Crippen LogP contribution in [0.25, 0.3) is 0 Å². The molecule has 0 aliphatic carbocycles. The molecule has 150 valence electrons. The van der Waals surface area contributed by atoms with E-state index in [2.05, 4.69) is 37.9 Å². The Balaban J connectivity index is 0.00000625. The van der Waals surface area contributed by atoms with Crippen LogP contribution in [0, 0.1) is 0 Å². The van der Waals surface area contributed by atoms with Gasteiger partial charge in [-0.05, 0) is 38.4 Å². The maximum atomic E-state index is 5.07. The first-order chi connectivity index (χ1) is 12.3. The number of likely N-dealkylation sites (N-methyl/N-ethyl adjacent to an activating group) is 1. The van der Waals surface area contributed by atoms with Crippen molar-refractivity contribution >= 4 is 35.8 Å². The van der Waals surface area contributed by atoms with E-state index in [-0.39, 0.29) is 24.0 Å². The van der Waals surface area contributed by atoms with Gasteiger partial charge in [-0.3, -0.25) is 4.99 Å². The van der Waals surface area contributed by atoms with Crippen LogP contribution in [0.1, 0.15) is 19.3 Å². The average molecular weight is 478 g/mol. The van der Waals surface area contributed by atoms with Gasteiger partial charge in [0.2, 0.25) is 0 Å². The van der Waals surface area contributed by atoms with Gasteiger partial charge in [0, 0.05) is 59.7 Å². The minimum absolute atomic E-state index is 0. The number of unbranched alkanes of at least 4 members (excludes halogenated alkanes) is 1. The highest BCUT2D eigenvalue weighted by molar-refractivity contribution is 14.0. The fourth-order valence-electron chi connectivity index (χ4n) is 2.32. The molecule has 0 fully saturated rings. The van der Waals surface area contributed by atoms with Gasteiger partial charge in [0.05, 0.1) is 0 Å². The maximum Gasteiger partial charge on any atom is 0.191 e. The summed E-state index contributed by atoms with van der Waals surface area (Å²) in [6.07, 6.45) is 5.03. The van der Waals surface area contributed by atoms with Gasteiger partial charge in [-0.2, -0.15) is 0 Å². The highest BCUT2D eigenvalue weighted by atomic mass is 127. The summed E-state index contributed by atoms with van der Waals surface area (Å²) in [5.74, 6) is 1.80. The molecule has 1 heterocycles. The van der Waals surface area contributed by atoms with Gasteiger partial charge >= 0.3 is 0 Å². The van der Waals surface area contributed by atoms with Crippen LogP contribution >= 0.6 is 24.0 Å². The zero-order chi connectivity index (χ0) is 18.2. The third-order valence-electron chi connectivity index (χ3n) is 3.76. The lowest BCUT2D eigenvalue weighted by molar-refractivity contribution is 0.180. The van der Waals surface area contributed by atoms with Crippen LogP contribution in [0.2, 0.25) is 0 Å². The van der Waals surface area contributed by atoms with Gasteiger partial charge in [0.15, 0.2) is 5.96 Å². The van der Waals surface area contributed by atoms with Gasteiger partial charge in [-0.1, -0.05) is 6.07 Å². The third-order valence-corrected chi connectivity index (χ3v) is 3.76. The zero-order valence-electron chi connectivity index (χ0n) is 16.3. The van der Waals surface area contributed by atoms with Crippen LogP contribution < -0.4 is 16.0 Å². The van der Waals surface area contributed by atoms with Crippen LogP contribution in [-0.4, -0.2) is 76.4 Å². The molecule has 0 spiro atoms. The number of aliphatic imine (C=N–C) groups is 1. The van der Waals surface area contributed by atoms with E-state index >= 15 is 0 Å². The molecule has 0 aliphatic heterocycles. The maximum absolute atomic E-state index is 5.07. The number of anilines is 1. The quantitative estimate of drug-likeness (QED) is 0.174. The van der Waals surface area contributed by atoms with Crippen molar-refractivity contribution in [2.45, 2.75) is 19.3 Å². The molecular weight excluding hydrogens is 443 g/mol. The first kappa shape index (κ1) is 24.9. The van der Waals surface area contributed by atoms with E-state index in [0.29, 0.717) is 0 Å². The summed E-state index contributed by atoms with van der Waals surface area (Å²) in [6, 6.07) is 5.89. The Hall–Kier alpha value is -1.13. The number of rotatable bonds is 13. The minimum Gasteiger partial charge on any atom is -0.385 e. The second-order valence-corrected chi connectivity index (χ2v) is 5.92. The Kier molecular flexibility index (Phi) is 16.5. The van der Waals surface area contributed by atoms with E-state index in [1.165, 1.54) is 0 Å². The summed E-state index contributed by atoms with van der Waals surface area (Å²) < 4.78 is 5.07. The largest absolute Gasteiger partial charge is 0.385 e. The van der Waals surface area contributed by atoms with Crippen molar-refractivity contribution < 1.29 is 4.74 Å². The lowest BCUT2D eigenvalue weighted by Gasteiger charge is -2.18. The molecule has 0 unspecified atom stereocenters. The summed E-state index contributed by atoms with van der Waals surface area (Å²) in [4.78, 5) is 10.8. The Morgan fingerprint density at radius 1 is 1.12 bits per heavy atom. The Bertz CT molecular complexity index is 460. The summed E-state index contributed by atoms with van der Waals surface area (Å²) in [6.45, 7) is 5.56. The van der Waals surface area contributed by atoms with Crippen molar-refractivity contribution in [2.24, 2.45) is 4.99 Å². The number of halogens is 1. The van der Waals surface area contributed by atoms with Crippen molar-refractivity contribution in [1.29, 1.82) is 0 Å². The van der Waals surface area contributed by atoms with Crippen LogP contribution in [-0.2, 0) is 4.74 Å². The highest BCUT2D eigenvalue weighted by Gasteiger charge is 2.00. The molecule has 1 aromatic heterocycles. The molecule has 0 aliphatic rings. The normalized spacial score (nSPS) is 11.2. The molecule has 8 heteroatoms. The topological polar surface area (TPSA) is 73.8 Å². The number of guanidine groups is 1. The summed E-state index contributed by atoms with van der Waals surface area (Å²) >= 11 is 0. The summed E-state index contributed by atoms with van der Waals surface area (Å²) in [5, 5.41) is 10.0. The predicted molar refractivity (Wildman–Crippen MR) is 121 cm³/mol. The lowest BCUT2D eigenvalue weighted by Crippen LogP contribution is -2.41. The molecule has 0 amide bonds. The fraction of sp³-hybridized carbons (Fsp3) is 0.667. The van der Waals surface area contributed by atoms with E-state index in [4.69, 9.17) is 4.74 Å². The van der Waals surface area contributed by atoms with Crippen molar-refractivity contribution in [1.82, 2.24) is 20.5 Å². The molecule has 0 radical (unpaired) electrons. The number of nitrogens with zero attached hydrogens (tertiary/aromatic N) is 3. The molecular formula is C18H35IN6O. The molecule has 0 saturated heterocycles. The second-order valence-electron chi connectivity index (χ2n) is 5.92. The van der Waals surface area contributed by atoms with Crippen LogP contribution in [0.15, 0.2) is 29.4 Å². The van der Waals surface area contributed by atoms with Gasteiger partial charge in [0.1, 0.15) is 5.82 Å². The van der Waals surface area contributed by atoms with Crippen molar-refractivity contribution in [3.8, 4) is 0 Å². The molecule has 1 aromatic rings. The molecule has 0 saturated carbocycles. The Labute approximate surface area is 175 Å². The van der Waals surface area contributed by atoms with Crippen LogP contribution in [0.5, 0.6) is 0 Å². The summed E-state index contributed by atoms with van der Waals surface area (Å²) in [5.41, 5.74) is 0. The number of methoxy groups -OCH3 is 1. The van der Waals surface area contributed by atoms with E-state index in [9.17, 15) is 0 Å². The van der Waals surface area contributed by atoms with E-state index in [1.54, 1.807) is 20.4 Å². The molecule has 0 atom stereocenters. The molecule has 1 rings (SSSR count). The van der Waals surface area contributed by atoms with Crippen molar-refractivity contribution in [2.75, 3.05) is 65.9 Å².